The highest BCUT2D eigenvalue weighted by atomic mass is 79.9. The summed E-state index contributed by atoms with van der Waals surface area (Å²) in [5.41, 5.74) is 0.917. The van der Waals surface area contributed by atoms with Crippen molar-refractivity contribution in [1.82, 2.24) is 4.98 Å². The molecule has 0 aliphatic rings. The minimum absolute atomic E-state index is 0.206. The fourth-order valence-corrected chi connectivity index (χ4v) is 1.75. The van der Waals surface area contributed by atoms with E-state index in [4.69, 9.17) is 13.9 Å². The Kier molecular flexibility index (Phi) is 3.81. The molecule has 0 bridgehead atoms. The number of oxazole rings is 1. The summed E-state index contributed by atoms with van der Waals surface area (Å²) in [5.74, 6) is 2.07. The van der Waals surface area contributed by atoms with Gasteiger partial charge in [-0.15, -0.1) is 0 Å². The number of hydrogen-bond donors (Lipinski definition) is 0. The molecule has 1 aromatic heterocycles. The number of methoxy groups -OCH3 is 1. The third kappa shape index (κ3) is 2.87. The van der Waals surface area contributed by atoms with Gasteiger partial charge in [-0.25, -0.2) is 4.98 Å². The summed E-state index contributed by atoms with van der Waals surface area (Å²) in [6, 6.07) is 5.71. The Morgan fingerprint density at radius 1 is 1.41 bits per heavy atom. The summed E-state index contributed by atoms with van der Waals surface area (Å²) < 4.78 is 16.6. The van der Waals surface area contributed by atoms with Gasteiger partial charge >= 0.3 is 0 Å². The van der Waals surface area contributed by atoms with Gasteiger partial charge in [0.15, 0.2) is 18.4 Å². The number of rotatable bonds is 4. The van der Waals surface area contributed by atoms with Crippen LogP contribution in [0, 0.1) is 6.92 Å². The van der Waals surface area contributed by atoms with Crippen LogP contribution < -0.4 is 4.74 Å². The minimum atomic E-state index is 0.206. The van der Waals surface area contributed by atoms with Crippen molar-refractivity contribution >= 4 is 15.9 Å². The summed E-state index contributed by atoms with van der Waals surface area (Å²) >= 11 is 3.41. The SMILES string of the molecule is COCOc1cc(-c2cnc(C)o2)ccc1Br. The first-order valence-electron chi connectivity index (χ1n) is 5.05. The second-order valence-corrected chi connectivity index (χ2v) is 4.29. The molecule has 0 unspecified atom stereocenters. The first kappa shape index (κ1) is 12.1. The predicted octanol–water partition coefficient (Wildman–Crippen LogP) is 3.40. The van der Waals surface area contributed by atoms with E-state index < -0.39 is 0 Å². The fraction of sp³-hybridized carbons (Fsp3) is 0.250. The molecular formula is C12H12BrNO3. The van der Waals surface area contributed by atoms with Crippen molar-refractivity contribution < 1.29 is 13.9 Å². The lowest BCUT2D eigenvalue weighted by Crippen LogP contribution is -1.99. The standard InChI is InChI=1S/C12H12BrNO3/c1-8-14-6-12(17-8)9-3-4-10(13)11(5-9)16-7-15-2/h3-6H,7H2,1-2H3. The fourth-order valence-electron chi connectivity index (χ4n) is 1.38. The van der Waals surface area contributed by atoms with Gasteiger partial charge in [0, 0.05) is 19.6 Å². The van der Waals surface area contributed by atoms with Crippen LogP contribution in [0.5, 0.6) is 5.75 Å². The van der Waals surface area contributed by atoms with Crippen LogP contribution in [0.4, 0.5) is 0 Å². The van der Waals surface area contributed by atoms with Gasteiger partial charge < -0.3 is 13.9 Å². The highest BCUT2D eigenvalue weighted by Crippen LogP contribution is 2.31. The van der Waals surface area contributed by atoms with E-state index in [1.165, 1.54) is 0 Å². The molecule has 4 nitrogen and oxygen atoms in total. The average Bonchev–Trinajstić information content (AvgIpc) is 2.75. The van der Waals surface area contributed by atoms with Gasteiger partial charge in [0.05, 0.1) is 10.7 Å². The van der Waals surface area contributed by atoms with Crippen molar-refractivity contribution in [3.63, 3.8) is 0 Å². The van der Waals surface area contributed by atoms with Crippen LogP contribution in [0.25, 0.3) is 11.3 Å². The van der Waals surface area contributed by atoms with Crippen molar-refractivity contribution in [2.45, 2.75) is 6.92 Å². The molecule has 2 rings (SSSR count). The molecule has 5 heteroatoms. The van der Waals surface area contributed by atoms with Crippen LogP contribution in [0.15, 0.2) is 33.3 Å². The summed E-state index contributed by atoms with van der Waals surface area (Å²) in [5, 5.41) is 0. The smallest absolute Gasteiger partial charge is 0.191 e. The molecule has 0 amide bonds. The van der Waals surface area contributed by atoms with E-state index in [9.17, 15) is 0 Å². The Hall–Kier alpha value is -1.33. The maximum atomic E-state index is 5.46. The van der Waals surface area contributed by atoms with E-state index in [1.54, 1.807) is 13.3 Å². The van der Waals surface area contributed by atoms with E-state index in [0.717, 1.165) is 15.8 Å². The zero-order valence-electron chi connectivity index (χ0n) is 9.57. The van der Waals surface area contributed by atoms with E-state index >= 15 is 0 Å². The van der Waals surface area contributed by atoms with Gasteiger partial charge in [0.1, 0.15) is 5.75 Å². The third-order valence-corrected chi connectivity index (χ3v) is 2.82. The molecule has 0 saturated carbocycles. The van der Waals surface area contributed by atoms with Gasteiger partial charge in [-0.2, -0.15) is 0 Å². The first-order chi connectivity index (χ1) is 8.20. The summed E-state index contributed by atoms with van der Waals surface area (Å²) in [6.45, 7) is 2.02. The minimum Gasteiger partial charge on any atom is -0.466 e. The van der Waals surface area contributed by atoms with Gasteiger partial charge in [-0.05, 0) is 34.1 Å². The second-order valence-electron chi connectivity index (χ2n) is 3.44. The lowest BCUT2D eigenvalue weighted by atomic mass is 10.2. The highest BCUT2D eigenvalue weighted by molar-refractivity contribution is 9.10. The lowest BCUT2D eigenvalue weighted by molar-refractivity contribution is 0.0506. The van der Waals surface area contributed by atoms with Crippen LogP contribution >= 0.6 is 15.9 Å². The van der Waals surface area contributed by atoms with Crippen LogP contribution in [-0.2, 0) is 4.74 Å². The Balaban J connectivity index is 2.30. The van der Waals surface area contributed by atoms with Crippen LogP contribution in [0.2, 0.25) is 0 Å². The second kappa shape index (κ2) is 5.33. The Morgan fingerprint density at radius 3 is 2.88 bits per heavy atom. The highest BCUT2D eigenvalue weighted by Gasteiger charge is 2.08. The zero-order chi connectivity index (χ0) is 12.3. The topological polar surface area (TPSA) is 44.5 Å². The normalized spacial score (nSPS) is 10.5. The number of nitrogens with zero attached hydrogens (tertiary/aromatic N) is 1. The van der Waals surface area contributed by atoms with E-state index in [1.807, 2.05) is 25.1 Å². The van der Waals surface area contributed by atoms with Crippen molar-refractivity contribution in [2.75, 3.05) is 13.9 Å². The molecule has 0 N–H and O–H groups in total. The van der Waals surface area contributed by atoms with Crippen molar-refractivity contribution in [2.24, 2.45) is 0 Å². The summed E-state index contributed by atoms with van der Waals surface area (Å²) in [7, 11) is 1.58. The van der Waals surface area contributed by atoms with Crippen LogP contribution in [0.3, 0.4) is 0 Å². The Morgan fingerprint density at radius 2 is 2.24 bits per heavy atom. The largest absolute Gasteiger partial charge is 0.466 e. The quantitative estimate of drug-likeness (QED) is 0.812. The van der Waals surface area contributed by atoms with E-state index in [-0.39, 0.29) is 6.79 Å². The lowest BCUT2D eigenvalue weighted by Gasteiger charge is -2.07. The molecule has 0 aliphatic heterocycles. The van der Waals surface area contributed by atoms with Crippen molar-refractivity contribution in [3.8, 4) is 17.1 Å². The molecule has 0 radical (unpaired) electrons. The summed E-state index contributed by atoms with van der Waals surface area (Å²) in [4.78, 5) is 4.06. The Bertz CT molecular complexity index is 510. The molecule has 1 heterocycles. The number of ether oxygens (including phenoxy) is 2. The molecule has 90 valence electrons. The monoisotopic (exact) mass is 297 g/mol. The molecule has 17 heavy (non-hydrogen) atoms. The molecule has 1 aromatic carbocycles. The maximum absolute atomic E-state index is 5.46. The van der Waals surface area contributed by atoms with Crippen LogP contribution in [-0.4, -0.2) is 18.9 Å². The van der Waals surface area contributed by atoms with E-state index in [0.29, 0.717) is 11.6 Å². The molecule has 0 aliphatic carbocycles. The molecule has 2 aromatic rings. The zero-order valence-corrected chi connectivity index (χ0v) is 11.2. The van der Waals surface area contributed by atoms with Gasteiger partial charge in [0.2, 0.25) is 0 Å². The summed E-state index contributed by atoms with van der Waals surface area (Å²) in [6.07, 6.45) is 1.69. The average molecular weight is 298 g/mol. The van der Waals surface area contributed by atoms with Crippen molar-refractivity contribution in [1.29, 1.82) is 0 Å². The molecule has 0 saturated heterocycles. The number of aromatic nitrogens is 1. The maximum Gasteiger partial charge on any atom is 0.191 e. The molecule has 0 spiro atoms. The Labute approximate surface area is 108 Å². The number of halogens is 1. The van der Waals surface area contributed by atoms with Gasteiger partial charge in [-0.1, -0.05) is 0 Å². The molecule has 0 fully saturated rings. The number of benzene rings is 1. The number of aryl methyl sites for hydroxylation is 1. The van der Waals surface area contributed by atoms with Gasteiger partial charge in [0.25, 0.3) is 0 Å². The predicted molar refractivity (Wildman–Crippen MR) is 66.9 cm³/mol. The number of hydrogen-bond acceptors (Lipinski definition) is 4. The van der Waals surface area contributed by atoms with Crippen molar-refractivity contribution in [3.05, 3.63) is 34.8 Å². The molecule has 0 atom stereocenters. The molecular weight excluding hydrogens is 286 g/mol. The van der Waals surface area contributed by atoms with Gasteiger partial charge in [-0.3, -0.25) is 0 Å². The van der Waals surface area contributed by atoms with E-state index in [2.05, 4.69) is 20.9 Å². The third-order valence-electron chi connectivity index (χ3n) is 2.17. The van der Waals surface area contributed by atoms with Crippen LogP contribution in [0.1, 0.15) is 5.89 Å². The first-order valence-corrected chi connectivity index (χ1v) is 5.84.